The number of hydrogen-bond acceptors (Lipinski definition) is 6. The molecule has 1 aromatic rings. The van der Waals surface area contributed by atoms with Crippen molar-refractivity contribution in [2.45, 2.75) is 38.3 Å². The third-order valence-corrected chi connectivity index (χ3v) is 4.40. The van der Waals surface area contributed by atoms with Gasteiger partial charge in [-0.15, -0.1) is 0 Å². The molecular formula is C18H27NO5. The highest BCUT2D eigenvalue weighted by molar-refractivity contribution is 5.90. The van der Waals surface area contributed by atoms with Crippen LogP contribution in [-0.2, 0) is 4.74 Å². The molecule has 1 aliphatic rings. The van der Waals surface area contributed by atoms with Gasteiger partial charge in [-0.3, -0.25) is 4.90 Å². The van der Waals surface area contributed by atoms with Crippen molar-refractivity contribution in [3.8, 4) is 11.5 Å². The van der Waals surface area contributed by atoms with Gasteiger partial charge in [0.2, 0.25) is 0 Å². The molecule has 1 aliphatic heterocycles. The van der Waals surface area contributed by atoms with E-state index in [4.69, 9.17) is 9.47 Å². The zero-order valence-corrected chi connectivity index (χ0v) is 14.7. The number of likely N-dealkylation sites (tertiary alicyclic amines) is 1. The molecule has 1 N–H and O–H groups in total. The fourth-order valence-electron chi connectivity index (χ4n) is 2.97. The number of piperidine rings is 1. The lowest BCUT2D eigenvalue weighted by Gasteiger charge is -2.34. The van der Waals surface area contributed by atoms with Crippen molar-refractivity contribution in [2.24, 2.45) is 0 Å². The Bertz CT molecular complexity index is 548. The molecule has 1 heterocycles. The Hall–Kier alpha value is -1.79. The first-order valence-corrected chi connectivity index (χ1v) is 8.36. The summed E-state index contributed by atoms with van der Waals surface area (Å²) in [7, 11) is 2.84. The SMILES string of the molecule is COC(=O)c1ccc(OC[C@@H](O)CN2CCCC[C@H]2C)c(OC)c1. The van der Waals surface area contributed by atoms with Gasteiger partial charge in [-0.25, -0.2) is 4.79 Å². The van der Waals surface area contributed by atoms with Gasteiger partial charge in [0.15, 0.2) is 11.5 Å². The van der Waals surface area contributed by atoms with Crippen LogP contribution >= 0.6 is 0 Å². The number of aliphatic hydroxyl groups excluding tert-OH is 1. The van der Waals surface area contributed by atoms with E-state index in [-0.39, 0.29) is 6.61 Å². The standard InChI is InChI=1S/C18H27NO5/c1-13-6-4-5-9-19(13)11-15(20)12-24-16-8-7-14(18(21)23-3)10-17(16)22-2/h7-8,10,13,15,20H,4-6,9,11-12H2,1-3H3/t13-,15+/m1/s1. The average Bonchev–Trinajstić information content (AvgIpc) is 2.61. The van der Waals surface area contributed by atoms with Gasteiger partial charge in [0, 0.05) is 12.6 Å². The molecule has 2 atom stereocenters. The Labute approximate surface area is 143 Å². The van der Waals surface area contributed by atoms with Gasteiger partial charge in [-0.2, -0.15) is 0 Å². The van der Waals surface area contributed by atoms with Crippen molar-refractivity contribution in [3.05, 3.63) is 23.8 Å². The lowest BCUT2D eigenvalue weighted by molar-refractivity contribution is 0.0431. The minimum atomic E-state index is -0.574. The Morgan fingerprint density at radius 2 is 2.12 bits per heavy atom. The molecule has 1 aromatic carbocycles. The van der Waals surface area contributed by atoms with Crippen molar-refractivity contribution in [1.29, 1.82) is 0 Å². The number of methoxy groups -OCH3 is 2. The number of rotatable bonds is 7. The lowest BCUT2D eigenvalue weighted by atomic mass is 10.0. The van der Waals surface area contributed by atoms with Gasteiger partial charge in [-0.05, 0) is 44.5 Å². The van der Waals surface area contributed by atoms with Crippen LogP contribution in [0, 0.1) is 0 Å². The molecule has 134 valence electrons. The summed E-state index contributed by atoms with van der Waals surface area (Å²) in [5, 5.41) is 10.2. The lowest BCUT2D eigenvalue weighted by Crippen LogP contribution is -2.43. The Morgan fingerprint density at radius 3 is 2.79 bits per heavy atom. The third kappa shape index (κ3) is 4.85. The summed E-state index contributed by atoms with van der Waals surface area (Å²) < 4.78 is 15.6. The average molecular weight is 337 g/mol. The first-order chi connectivity index (χ1) is 11.5. The van der Waals surface area contributed by atoms with Crippen LogP contribution in [0.3, 0.4) is 0 Å². The highest BCUT2D eigenvalue weighted by Gasteiger charge is 2.21. The molecule has 0 unspecified atom stereocenters. The van der Waals surface area contributed by atoms with Gasteiger partial charge >= 0.3 is 5.97 Å². The fourth-order valence-corrected chi connectivity index (χ4v) is 2.97. The molecular weight excluding hydrogens is 310 g/mol. The summed E-state index contributed by atoms with van der Waals surface area (Å²) in [5.41, 5.74) is 0.393. The van der Waals surface area contributed by atoms with Crippen molar-refractivity contribution >= 4 is 5.97 Å². The summed E-state index contributed by atoms with van der Waals surface area (Å²) in [4.78, 5) is 13.8. The van der Waals surface area contributed by atoms with Crippen LogP contribution < -0.4 is 9.47 Å². The predicted molar refractivity (Wildman–Crippen MR) is 90.7 cm³/mol. The molecule has 0 saturated carbocycles. The normalized spacial score (nSPS) is 19.6. The maximum absolute atomic E-state index is 11.5. The number of ether oxygens (including phenoxy) is 3. The molecule has 0 spiro atoms. The van der Waals surface area contributed by atoms with Gasteiger partial charge in [0.05, 0.1) is 19.8 Å². The molecule has 0 amide bonds. The van der Waals surface area contributed by atoms with E-state index in [9.17, 15) is 9.90 Å². The van der Waals surface area contributed by atoms with Crippen LogP contribution in [0.15, 0.2) is 18.2 Å². The van der Waals surface area contributed by atoms with Gasteiger partial charge in [-0.1, -0.05) is 6.42 Å². The summed E-state index contributed by atoms with van der Waals surface area (Å²) in [5.74, 6) is 0.506. The van der Waals surface area contributed by atoms with Crippen molar-refractivity contribution in [1.82, 2.24) is 4.90 Å². The second-order valence-electron chi connectivity index (χ2n) is 6.16. The summed E-state index contributed by atoms with van der Waals surface area (Å²) in [6.45, 7) is 4.00. The van der Waals surface area contributed by atoms with Crippen molar-refractivity contribution < 1.29 is 24.1 Å². The monoisotopic (exact) mass is 337 g/mol. The molecule has 24 heavy (non-hydrogen) atoms. The third-order valence-electron chi connectivity index (χ3n) is 4.40. The number of benzene rings is 1. The molecule has 1 fully saturated rings. The number of carbonyl (C=O) groups excluding carboxylic acids is 1. The van der Waals surface area contributed by atoms with Crippen LogP contribution in [0.4, 0.5) is 0 Å². The smallest absolute Gasteiger partial charge is 0.337 e. The number of hydrogen-bond donors (Lipinski definition) is 1. The van der Waals surface area contributed by atoms with Crippen LogP contribution in [0.5, 0.6) is 11.5 Å². The highest BCUT2D eigenvalue weighted by Crippen LogP contribution is 2.28. The molecule has 2 rings (SSSR count). The number of β-amino-alcohol motifs (C(OH)–C–C–N with tert-alkyl or cyclic N) is 1. The van der Waals surface area contributed by atoms with E-state index in [1.54, 1.807) is 18.2 Å². The molecule has 6 nitrogen and oxygen atoms in total. The van der Waals surface area contributed by atoms with Crippen LogP contribution in [0.25, 0.3) is 0 Å². The van der Waals surface area contributed by atoms with E-state index in [2.05, 4.69) is 16.6 Å². The van der Waals surface area contributed by atoms with Crippen LogP contribution in [-0.4, -0.2) is 62.0 Å². The minimum absolute atomic E-state index is 0.178. The predicted octanol–water partition coefficient (Wildman–Crippen LogP) is 2.10. The van der Waals surface area contributed by atoms with E-state index in [1.807, 2.05) is 0 Å². The van der Waals surface area contributed by atoms with Crippen molar-refractivity contribution in [2.75, 3.05) is 33.9 Å². The molecule has 0 radical (unpaired) electrons. The van der Waals surface area contributed by atoms with E-state index in [1.165, 1.54) is 33.5 Å². The molecule has 0 aliphatic carbocycles. The minimum Gasteiger partial charge on any atom is -0.493 e. The van der Waals surface area contributed by atoms with Crippen LogP contribution in [0.1, 0.15) is 36.5 Å². The molecule has 0 aromatic heterocycles. The molecule has 0 bridgehead atoms. The first kappa shape index (κ1) is 18.5. The van der Waals surface area contributed by atoms with Crippen LogP contribution in [0.2, 0.25) is 0 Å². The van der Waals surface area contributed by atoms with E-state index in [0.717, 1.165) is 6.54 Å². The Morgan fingerprint density at radius 1 is 1.33 bits per heavy atom. The van der Waals surface area contributed by atoms with Gasteiger partial charge in [0.25, 0.3) is 0 Å². The molecule has 1 saturated heterocycles. The maximum Gasteiger partial charge on any atom is 0.337 e. The van der Waals surface area contributed by atoms with E-state index >= 15 is 0 Å². The maximum atomic E-state index is 11.5. The Kier molecular flexibility index (Phi) is 6.87. The zero-order valence-electron chi connectivity index (χ0n) is 14.7. The van der Waals surface area contributed by atoms with Gasteiger partial charge < -0.3 is 19.3 Å². The summed E-state index contributed by atoms with van der Waals surface area (Å²) in [6, 6.07) is 5.34. The second-order valence-corrected chi connectivity index (χ2v) is 6.16. The largest absolute Gasteiger partial charge is 0.493 e. The van der Waals surface area contributed by atoms with E-state index in [0.29, 0.717) is 29.6 Å². The Balaban J connectivity index is 1.91. The first-order valence-electron chi connectivity index (χ1n) is 8.36. The fraction of sp³-hybridized carbons (Fsp3) is 0.611. The summed E-state index contributed by atoms with van der Waals surface area (Å²) >= 11 is 0. The summed E-state index contributed by atoms with van der Waals surface area (Å²) in [6.07, 6.45) is 3.04. The number of carbonyl (C=O) groups is 1. The molecule has 6 heteroatoms. The number of esters is 1. The van der Waals surface area contributed by atoms with E-state index < -0.39 is 12.1 Å². The van der Waals surface area contributed by atoms with Gasteiger partial charge in [0.1, 0.15) is 12.7 Å². The number of nitrogens with zero attached hydrogens (tertiary/aromatic N) is 1. The van der Waals surface area contributed by atoms with Crippen molar-refractivity contribution in [3.63, 3.8) is 0 Å². The second kappa shape index (κ2) is 8.89. The number of aliphatic hydroxyl groups is 1. The topological polar surface area (TPSA) is 68.2 Å². The zero-order chi connectivity index (χ0) is 17.5. The highest BCUT2D eigenvalue weighted by atomic mass is 16.5. The quantitative estimate of drug-likeness (QED) is 0.769.